The van der Waals surface area contributed by atoms with Gasteiger partial charge in [-0.25, -0.2) is 14.4 Å². The Balaban J connectivity index is 2.15. The maximum Gasteiger partial charge on any atom is 0.422 e. The van der Waals surface area contributed by atoms with E-state index in [0.717, 1.165) is 12.5 Å². The molecule has 1 aliphatic carbocycles. The molecular formula is C18H19Cl3O6. The normalized spacial score (nSPS) is 15.0. The van der Waals surface area contributed by atoms with Crippen LogP contribution in [0.4, 0.5) is 0 Å². The van der Waals surface area contributed by atoms with Gasteiger partial charge in [0.15, 0.2) is 5.75 Å². The molecule has 1 unspecified atom stereocenters. The monoisotopic (exact) mass is 436 g/mol. The van der Waals surface area contributed by atoms with Crippen molar-refractivity contribution in [2.45, 2.75) is 39.0 Å². The van der Waals surface area contributed by atoms with Crippen LogP contribution in [0.2, 0.25) is 15.1 Å². The second-order valence-corrected chi connectivity index (χ2v) is 7.53. The van der Waals surface area contributed by atoms with Gasteiger partial charge in [-0.1, -0.05) is 67.4 Å². The Bertz CT molecular complexity index is 745. The molecule has 0 radical (unpaired) electrons. The smallest absolute Gasteiger partial charge is 0.422 e. The van der Waals surface area contributed by atoms with Gasteiger partial charge in [-0.05, 0) is 24.3 Å². The molecule has 0 amide bonds. The second-order valence-electron chi connectivity index (χ2n) is 6.34. The molecule has 27 heavy (non-hydrogen) atoms. The summed E-state index contributed by atoms with van der Waals surface area (Å²) in [7, 11) is 0. The lowest BCUT2D eigenvalue weighted by Gasteiger charge is -2.33. The summed E-state index contributed by atoms with van der Waals surface area (Å²) in [5.74, 6) is -3.71. The van der Waals surface area contributed by atoms with Gasteiger partial charge in [-0.3, -0.25) is 0 Å². The second kappa shape index (κ2) is 9.62. The van der Waals surface area contributed by atoms with E-state index >= 15 is 0 Å². The van der Waals surface area contributed by atoms with Gasteiger partial charge in [0.25, 0.3) is 0 Å². The number of aliphatic carboxylic acids is 1. The number of hydrogen-bond acceptors (Lipinski definition) is 5. The van der Waals surface area contributed by atoms with E-state index in [1.165, 1.54) is 19.3 Å². The van der Waals surface area contributed by atoms with Crippen molar-refractivity contribution in [1.82, 2.24) is 0 Å². The summed E-state index contributed by atoms with van der Waals surface area (Å²) in [6, 6.07) is 1.15. The van der Waals surface area contributed by atoms with E-state index in [9.17, 15) is 14.4 Å². The highest BCUT2D eigenvalue weighted by Crippen LogP contribution is 2.40. The number of benzene rings is 1. The van der Waals surface area contributed by atoms with Crippen LogP contribution < -0.4 is 4.74 Å². The quantitative estimate of drug-likeness (QED) is 0.279. The molecular weight excluding hydrogens is 419 g/mol. The van der Waals surface area contributed by atoms with Crippen LogP contribution in [0.5, 0.6) is 5.75 Å². The van der Waals surface area contributed by atoms with Crippen molar-refractivity contribution in [2.24, 2.45) is 11.8 Å². The van der Waals surface area contributed by atoms with Crippen LogP contribution in [-0.2, 0) is 14.3 Å². The van der Waals surface area contributed by atoms with E-state index in [1.807, 2.05) is 0 Å². The van der Waals surface area contributed by atoms with Gasteiger partial charge in [-0.2, -0.15) is 0 Å². The number of carboxylic acids is 1. The van der Waals surface area contributed by atoms with Crippen LogP contribution in [-0.4, -0.2) is 29.6 Å². The van der Waals surface area contributed by atoms with Crippen molar-refractivity contribution in [3.05, 3.63) is 26.7 Å². The first-order chi connectivity index (χ1) is 12.8. The Morgan fingerprint density at radius 2 is 1.89 bits per heavy atom. The maximum absolute atomic E-state index is 12.5. The summed E-state index contributed by atoms with van der Waals surface area (Å²) in [5, 5.41) is 8.19. The number of halogens is 3. The van der Waals surface area contributed by atoms with Gasteiger partial charge in [0.2, 0.25) is 0 Å². The molecule has 1 aromatic rings. The van der Waals surface area contributed by atoms with Gasteiger partial charge < -0.3 is 14.6 Å². The molecule has 0 saturated heterocycles. The van der Waals surface area contributed by atoms with E-state index in [2.05, 4.69) is 6.92 Å². The molecule has 1 fully saturated rings. The third-order valence-corrected chi connectivity index (χ3v) is 5.83. The molecule has 2 rings (SSSR count). The fourth-order valence-corrected chi connectivity index (χ4v) is 3.78. The van der Waals surface area contributed by atoms with E-state index in [4.69, 9.17) is 49.4 Å². The zero-order valence-electron chi connectivity index (χ0n) is 14.6. The highest BCUT2D eigenvalue weighted by Gasteiger charge is 2.29. The van der Waals surface area contributed by atoms with E-state index in [0.29, 0.717) is 18.3 Å². The van der Waals surface area contributed by atoms with Crippen LogP contribution in [0.3, 0.4) is 0 Å². The van der Waals surface area contributed by atoms with Gasteiger partial charge in [-0.15, -0.1) is 0 Å². The van der Waals surface area contributed by atoms with Crippen LogP contribution >= 0.6 is 34.8 Å². The molecule has 148 valence electrons. The third kappa shape index (κ3) is 5.27. The predicted molar refractivity (Wildman–Crippen MR) is 101 cm³/mol. The first kappa shape index (κ1) is 21.8. The maximum atomic E-state index is 12.5. The molecule has 1 atom stereocenters. The van der Waals surface area contributed by atoms with Gasteiger partial charge in [0.05, 0.1) is 21.7 Å². The minimum atomic E-state index is -1.84. The molecule has 9 heteroatoms. The molecule has 0 aromatic heterocycles. The van der Waals surface area contributed by atoms with Crippen LogP contribution in [0.15, 0.2) is 6.07 Å². The van der Waals surface area contributed by atoms with Crippen molar-refractivity contribution in [3.8, 4) is 5.75 Å². The zero-order chi connectivity index (χ0) is 20.1. The van der Waals surface area contributed by atoms with Crippen molar-refractivity contribution in [2.75, 3.05) is 6.61 Å². The lowest BCUT2D eigenvalue weighted by molar-refractivity contribution is -0.158. The molecule has 1 saturated carbocycles. The van der Waals surface area contributed by atoms with Crippen LogP contribution in [0, 0.1) is 11.8 Å². The minimum Gasteiger partial charge on any atom is -0.473 e. The van der Waals surface area contributed by atoms with Crippen molar-refractivity contribution >= 4 is 52.7 Å². The fraction of sp³-hybridized carbons (Fsp3) is 0.500. The highest BCUT2D eigenvalue weighted by molar-refractivity contribution is 6.46. The molecule has 1 aliphatic rings. The van der Waals surface area contributed by atoms with Gasteiger partial charge in [0.1, 0.15) is 5.56 Å². The Labute approximate surface area is 171 Å². The number of hydrogen-bond donors (Lipinski definition) is 1. The summed E-state index contributed by atoms with van der Waals surface area (Å²) >= 11 is 17.9. The lowest BCUT2D eigenvalue weighted by atomic mass is 9.73. The van der Waals surface area contributed by atoms with Gasteiger partial charge >= 0.3 is 17.9 Å². The van der Waals surface area contributed by atoms with Crippen LogP contribution in [0.1, 0.15) is 49.4 Å². The summed E-state index contributed by atoms with van der Waals surface area (Å²) in [6.07, 6.45) is 5.31. The average Bonchev–Trinajstić information content (AvgIpc) is 2.56. The van der Waals surface area contributed by atoms with E-state index in [-0.39, 0.29) is 27.2 Å². The highest BCUT2D eigenvalue weighted by atomic mass is 35.5. The Morgan fingerprint density at radius 1 is 1.22 bits per heavy atom. The first-order valence-corrected chi connectivity index (χ1v) is 9.69. The van der Waals surface area contributed by atoms with E-state index < -0.39 is 23.7 Å². The van der Waals surface area contributed by atoms with Crippen molar-refractivity contribution in [1.29, 1.82) is 0 Å². The molecule has 1 aromatic carbocycles. The zero-order valence-corrected chi connectivity index (χ0v) is 16.9. The summed E-state index contributed by atoms with van der Waals surface area (Å²) in [6.45, 7) is 2.25. The Hall–Kier alpha value is -1.50. The number of esters is 2. The first-order valence-electron chi connectivity index (χ1n) is 8.55. The standard InChI is InChI=1S/C18H19Cl3O6/c1-2-9(10-4-3-5-10)6-7-26-17(24)13-14(21)11(19)8-12(20)15(13)27-18(25)16(22)23/h8-10H,2-7H2,1H3,(H,22,23). The molecule has 0 heterocycles. The number of carbonyl (C=O) groups excluding carboxylic acids is 2. The fourth-order valence-electron chi connectivity index (χ4n) is 3.06. The molecule has 0 bridgehead atoms. The average molecular weight is 438 g/mol. The lowest BCUT2D eigenvalue weighted by Crippen LogP contribution is -2.24. The molecule has 6 nitrogen and oxygen atoms in total. The number of rotatable bonds is 7. The number of ether oxygens (including phenoxy) is 2. The molecule has 1 N–H and O–H groups in total. The third-order valence-electron chi connectivity index (χ3n) is 4.76. The number of carboxylic acid groups (broad SMARTS) is 1. The van der Waals surface area contributed by atoms with Crippen molar-refractivity contribution in [3.63, 3.8) is 0 Å². The van der Waals surface area contributed by atoms with Gasteiger partial charge in [0, 0.05) is 0 Å². The SMILES string of the molecule is CCC(CCOC(=O)c1c(Cl)c(Cl)cc(Cl)c1OC(=O)C(=O)O)C1CCC1. The number of carbonyl (C=O) groups is 3. The molecule has 0 aliphatic heterocycles. The summed E-state index contributed by atoms with van der Waals surface area (Å²) in [4.78, 5) is 34.6. The minimum absolute atomic E-state index is 0.0513. The van der Waals surface area contributed by atoms with E-state index in [1.54, 1.807) is 0 Å². The summed E-state index contributed by atoms with van der Waals surface area (Å²) in [5.41, 5.74) is -0.375. The van der Waals surface area contributed by atoms with Crippen LogP contribution in [0.25, 0.3) is 0 Å². The summed E-state index contributed by atoms with van der Waals surface area (Å²) < 4.78 is 9.97. The topological polar surface area (TPSA) is 89.9 Å². The largest absolute Gasteiger partial charge is 0.473 e. The molecule has 0 spiro atoms. The Morgan fingerprint density at radius 3 is 2.41 bits per heavy atom. The van der Waals surface area contributed by atoms with Crippen molar-refractivity contribution < 1.29 is 29.0 Å². The Kier molecular flexibility index (Phi) is 7.77. The predicted octanol–water partition coefficient (Wildman–Crippen LogP) is 5.01.